The molecule has 0 spiro atoms. The molecule has 3 rings (SSSR count). The van der Waals surface area contributed by atoms with Gasteiger partial charge >= 0.3 is 0 Å². The predicted molar refractivity (Wildman–Crippen MR) is 89.1 cm³/mol. The fraction of sp³-hybridized carbons (Fsp3) is 0.167. The van der Waals surface area contributed by atoms with Crippen LogP contribution in [0.2, 0.25) is 0 Å². The number of H-pyrrole nitrogens is 1. The van der Waals surface area contributed by atoms with Gasteiger partial charge in [-0.25, -0.2) is 13.8 Å². The zero-order valence-electron chi connectivity index (χ0n) is 13.5. The van der Waals surface area contributed by atoms with Crippen molar-refractivity contribution in [2.45, 2.75) is 19.8 Å². The molecule has 25 heavy (non-hydrogen) atoms. The minimum absolute atomic E-state index is 0.0323. The van der Waals surface area contributed by atoms with Crippen LogP contribution in [-0.4, -0.2) is 21.1 Å². The Morgan fingerprint density at radius 1 is 1.16 bits per heavy atom. The molecule has 0 saturated carbocycles. The molecule has 0 atom stereocenters. The molecule has 3 aromatic rings. The van der Waals surface area contributed by atoms with Crippen molar-refractivity contribution in [1.29, 1.82) is 0 Å². The maximum absolute atomic E-state index is 13.5. The van der Waals surface area contributed by atoms with Crippen molar-refractivity contribution in [3.63, 3.8) is 0 Å². The third-order valence-corrected chi connectivity index (χ3v) is 3.64. The number of anilines is 1. The normalized spacial score (nSPS) is 10.7. The third kappa shape index (κ3) is 4.47. The molecule has 0 unspecified atom stereocenters. The van der Waals surface area contributed by atoms with Crippen LogP contribution in [0, 0.1) is 18.6 Å². The van der Waals surface area contributed by atoms with Crippen molar-refractivity contribution in [3.05, 3.63) is 76.9 Å². The average molecular weight is 342 g/mol. The van der Waals surface area contributed by atoms with Gasteiger partial charge in [-0.1, -0.05) is 18.2 Å². The van der Waals surface area contributed by atoms with E-state index in [1.54, 1.807) is 31.2 Å². The topological polar surface area (TPSA) is 70.7 Å². The number of aryl methyl sites for hydroxylation is 1. The van der Waals surface area contributed by atoms with Gasteiger partial charge in [0.1, 0.15) is 17.5 Å². The lowest BCUT2D eigenvalue weighted by molar-refractivity contribution is -0.115. The molecule has 2 N–H and O–H groups in total. The molecule has 1 amide bonds. The van der Waals surface area contributed by atoms with Gasteiger partial charge in [-0.2, -0.15) is 5.10 Å². The van der Waals surface area contributed by atoms with Crippen LogP contribution in [0.25, 0.3) is 0 Å². The SMILES string of the molecule is Cc1ccc(NC(=O)Cc2n[nH]c(Cc3ccc(F)cc3)n2)cc1F. The van der Waals surface area contributed by atoms with Gasteiger partial charge < -0.3 is 5.32 Å². The summed E-state index contributed by atoms with van der Waals surface area (Å²) < 4.78 is 26.4. The Kier molecular flexibility index (Phi) is 4.83. The molecular weight excluding hydrogens is 326 g/mol. The van der Waals surface area contributed by atoms with Crippen LogP contribution in [0.3, 0.4) is 0 Å². The molecule has 128 valence electrons. The molecule has 5 nitrogen and oxygen atoms in total. The highest BCUT2D eigenvalue weighted by Gasteiger charge is 2.11. The number of aromatic amines is 1. The van der Waals surface area contributed by atoms with Crippen molar-refractivity contribution >= 4 is 11.6 Å². The highest BCUT2D eigenvalue weighted by molar-refractivity contribution is 5.91. The smallest absolute Gasteiger partial charge is 0.232 e. The first-order chi connectivity index (χ1) is 12.0. The van der Waals surface area contributed by atoms with Crippen molar-refractivity contribution < 1.29 is 13.6 Å². The molecular formula is C18H16F2N4O. The molecule has 0 bridgehead atoms. The van der Waals surface area contributed by atoms with E-state index in [0.717, 1.165) is 5.56 Å². The number of hydrogen-bond donors (Lipinski definition) is 2. The zero-order chi connectivity index (χ0) is 17.8. The van der Waals surface area contributed by atoms with Crippen LogP contribution in [0.4, 0.5) is 14.5 Å². The molecule has 0 aliphatic heterocycles. The monoisotopic (exact) mass is 342 g/mol. The first-order valence-corrected chi connectivity index (χ1v) is 7.70. The number of carbonyl (C=O) groups excluding carboxylic acids is 1. The average Bonchev–Trinajstić information content (AvgIpc) is 3.00. The number of nitrogens with zero attached hydrogens (tertiary/aromatic N) is 2. The lowest BCUT2D eigenvalue weighted by Gasteiger charge is -2.04. The van der Waals surface area contributed by atoms with Crippen molar-refractivity contribution in [2.75, 3.05) is 5.32 Å². The minimum atomic E-state index is -0.378. The highest BCUT2D eigenvalue weighted by Crippen LogP contribution is 2.14. The molecule has 0 saturated heterocycles. The summed E-state index contributed by atoms with van der Waals surface area (Å²) in [5, 5.41) is 9.37. The second kappa shape index (κ2) is 7.21. The number of amides is 1. The summed E-state index contributed by atoms with van der Waals surface area (Å²) in [7, 11) is 0. The van der Waals surface area contributed by atoms with Gasteiger partial charge in [0.25, 0.3) is 0 Å². The third-order valence-electron chi connectivity index (χ3n) is 3.64. The summed E-state index contributed by atoms with van der Waals surface area (Å²) in [4.78, 5) is 16.3. The lowest BCUT2D eigenvalue weighted by atomic mass is 10.1. The molecule has 7 heteroatoms. The van der Waals surface area contributed by atoms with E-state index in [0.29, 0.717) is 29.3 Å². The Bertz CT molecular complexity index is 890. The Morgan fingerprint density at radius 2 is 1.92 bits per heavy atom. The van der Waals surface area contributed by atoms with Crippen molar-refractivity contribution in [1.82, 2.24) is 15.2 Å². The number of aromatic nitrogens is 3. The zero-order valence-corrected chi connectivity index (χ0v) is 13.5. The quantitative estimate of drug-likeness (QED) is 0.748. The van der Waals surface area contributed by atoms with Gasteiger partial charge in [-0.3, -0.25) is 9.89 Å². The van der Waals surface area contributed by atoms with Crippen LogP contribution in [-0.2, 0) is 17.6 Å². The van der Waals surface area contributed by atoms with Crippen molar-refractivity contribution in [3.8, 4) is 0 Å². The minimum Gasteiger partial charge on any atom is -0.326 e. The Hall–Kier alpha value is -3.09. The summed E-state index contributed by atoms with van der Waals surface area (Å²) in [5.74, 6) is -0.0999. The van der Waals surface area contributed by atoms with Gasteiger partial charge in [-0.15, -0.1) is 0 Å². The fourth-order valence-corrected chi connectivity index (χ4v) is 2.31. The number of rotatable bonds is 5. The van der Waals surface area contributed by atoms with E-state index in [4.69, 9.17) is 0 Å². The van der Waals surface area contributed by atoms with E-state index >= 15 is 0 Å². The largest absolute Gasteiger partial charge is 0.326 e. The second-order valence-corrected chi connectivity index (χ2v) is 5.69. The summed E-state index contributed by atoms with van der Waals surface area (Å²) in [6.07, 6.45) is 0.424. The van der Waals surface area contributed by atoms with E-state index < -0.39 is 0 Å². The summed E-state index contributed by atoms with van der Waals surface area (Å²) >= 11 is 0. The van der Waals surface area contributed by atoms with Crippen LogP contribution < -0.4 is 5.32 Å². The van der Waals surface area contributed by atoms with Crippen LogP contribution in [0.5, 0.6) is 0 Å². The Morgan fingerprint density at radius 3 is 2.64 bits per heavy atom. The standard InChI is InChI=1S/C18H16F2N4O/c1-11-2-7-14(9-15(11)20)21-18(25)10-17-22-16(23-24-17)8-12-3-5-13(19)6-4-12/h2-7,9H,8,10H2,1H3,(H,21,25)(H,22,23,24). The van der Waals surface area contributed by atoms with E-state index in [1.807, 2.05) is 0 Å². The molecule has 0 aliphatic rings. The number of halogens is 2. The highest BCUT2D eigenvalue weighted by atomic mass is 19.1. The maximum Gasteiger partial charge on any atom is 0.232 e. The number of nitrogens with one attached hydrogen (secondary N) is 2. The number of benzene rings is 2. The lowest BCUT2D eigenvalue weighted by Crippen LogP contribution is -2.15. The molecule has 0 aliphatic carbocycles. The van der Waals surface area contributed by atoms with Crippen LogP contribution in [0.1, 0.15) is 22.8 Å². The van der Waals surface area contributed by atoms with Gasteiger partial charge in [0.15, 0.2) is 5.82 Å². The van der Waals surface area contributed by atoms with Gasteiger partial charge in [0.2, 0.25) is 5.91 Å². The predicted octanol–water partition coefficient (Wildman–Crippen LogP) is 3.16. The van der Waals surface area contributed by atoms with E-state index in [9.17, 15) is 13.6 Å². The van der Waals surface area contributed by atoms with E-state index in [2.05, 4.69) is 20.5 Å². The summed E-state index contributed by atoms with van der Waals surface area (Å²) in [5.41, 5.74) is 1.77. The van der Waals surface area contributed by atoms with Gasteiger partial charge in [-0.05, 0) is 42.3 Å². The molecule has 0 radical (unpaired) electrons. The van der Waals surface area contributed by atoms with Crippen molar-refractivity contribution in [2.24, 2.45) is 0 Å². The van der Waals surface area contributed by atoms with Gasteiger partial charge in [0.05, 0.1) is 6.42 Å². The van der Waals surface area contributed by atoms with Gasteiger partial charge in [0, 0.05) is 12.1 Å². The van der Waals surface area contributed by atoms with E-state index in [-0.39, 0.29) is 24.0 Å². The fourth-order valence-electron chi connectivity index (χ4n) is 2.31. The number of hydrogen-bond acceptors (Lipinski definition) is 3. The summed E-state index contributed by atoms with van der Waals surface area (Å²) in [6, 6.07) is 10.6. The Balaban J connectivity index is 1.59. The number of carbonyl (C=O) groups is 1. The van der Waals surface area contributed by atoms with E-state index in [1.165, 1.54) is 18.2 Å². The first-order valence-electron chi connectivity index (χ1n) is 7.70. The molecule has 0 fully saturated rings. The maximum atomic E-state index is 13.5. The molecule has 2 aromatic carbocycles. The molecule has 1 aromatic heterocycles. The Labute approximate surface area is 143 Å². The second-order valence-electron chi connectivity index (χ2n) is 5.69. The van der Waals surface area contributed by atoms with Crippen LogP contribution >= 0.6 is 0 Å². The molecule has 1 heterocycles. The summed E-state index contributed by atoms with van der Waals surface area (Å²) in [6.45, 7) is 1.65. The first kappa shape index (κ1) is 16.8. The van der Waals surface area contributed by atoms with Crippen LogP contribution in [0.15, 0.2) is 42.5 Å².